The zero-order valence-corrected chi connectivity index (χ0v) is 9.12. The number of carbonyl (C=O) groups excluding carboxylic acids is 1. The number of nitrogens with zero attached hydrogens (tertiary/aromatic N) is 1. The Balaban J connectivity index is 2.34. The Morgan fingerprint density at radius 3 is 2.93 bits per heavy atom. The zero-order chi connectivity index (χ0) is 10.6. The number of hydrogen-bond acceptors (Lipinski definition) is 2. The van der Waals surface area contributed by atoms with Crippen molar-refractivity contribution in [3.05, 3.63) is 0 Å². The summed E-state index contributed by atoms with van der Waals surface area (Å²) >= 11 is 0. The Bertz CT molecular complexity index is 196. The van der Waals surface area contributed by atoms with Crippen LogP contribution in [0.3, 0.4) is 0 Å². The third-order valence-corrected chi connectivity index (χ3v) is 2.83. The molecule has 0 radical (unpaired) electrons. The molecule has 0 aromatic carbocycles. The fourth-order valence-corrected chi connectivity index (χ4v) is 1.63. The SMILES string of the molecule is CCCNC(=O)N1CCC(C)C(N)C1. The van der Waals surface area contributed by atoms with Gasteiger partial charge in [-0.2, -0.15) is 0 Å². The molecule has 2 unspecified atom stereocenters. The molecule has 0 aromatic rings. The summed E-state index contributed by atoms with van der Waals surface area (Å²) in [5, 5.41) is 2.87. The molecule has 1 rings (SSSR count). The minimum atomic E-state index is 0.0363. The fourth-order valence-electron chi connectivity index (χ4n) is 1.63. The Kier molecular flexibility index (Phi) is 4.20. The van der Waals surface area contributed by atoms with Gasteiger partial charge in [-0.3, -0.25) is 0 Å². The zero-order valence-electron chi connectivity index (χ0n) is 9.12. The molecule has 2 atom stereocenters. The standard InChI is InChI=1S/C10H21N3O/c1-3-5-12-10(14)13-6-4-8(2)9(11)7-13/h8-9H,3-7,11H2,1-2H3,(H,12,14). The largest absolute Gasteiger partial charge is 0.338 e. The molecule has 0 bridgehead atoms. The van der Waals surface area contributed by atoms with E-state index in [1.807, 2.05) is 11.8 Å². The summed E-state index contributed by atoms with van der Waals surface area (Å²) in [5.74, 6) is 0.533. The highest BCUT2D eigenvalue weighted by Crippen LogP contribution is 2.15. The van der Waals surface area contributed by atoms with Crippen molar-refractivity contribution >= 4 is 6.03 Å². The first-order chi connectivity index (χ1) is 6.65. The number of piperidine rings is 1. The van der Waals surface area contributed by atoms with Gasteiger partial charge in [-0.25, -0.2) is 4.79 Å². The first kappa shape index (κ1) is 11.3. The van der Waals surface area contributed by atoms with Crippen molar-refractivity contribution in [1.82, 2.24) is 10.2 Å². The highest BCUT2D eigenvalue weighted by molar-refractivity contribution is 5.74. The first-order valence-corrected chi connectivity index (χ1v) is 5.43. The summed E-state index contributed by atoms with van der Waals surface area (Å²) in [4.78, 5) is 13.4. The van der Waals surface area contributed by atoms with Gasteiger partial charge in [0.2, 0.25) is 0 Å². The molecule has 0 saturated carbocycles. The minimum absolute atomic E-state index is 0.0363. The van der Waals surface area contributed by atoms with Crippen LogP contribution in [0.4, 0.5) is 4.79 Å². The van der Waals surface area contributed by atoms with Crippen LogP contribution < -0.4 is 11.1 Å². The lowest BCUT2D eigenvalue weighted by atomic mass is 9.94. The molecule has 0 aromatic heterocycles. The number of nitrogens with one attached hydrogen (secondary N) is 1. The van der Waals surface area contributed by atoms with Gasteiger partial charge in [-0.15, -0.1) is 0 Å². The number of rotatable bonds is 2. The molecule has 0 aliphatic carbocycles. The maximum Gasteiger partial charge on any atom is 0.317 e. The Morgan fingerprint density at radius 1 is 1.64 bits per heavy atom. The fraction of sp³-hybridized carbons (Fsp3) is 0.900. The highest BCUT2D eigenvalue weighted by Gasteiger charge is 2.25. The first-order valence-electron chi connectivity index (χ1n) is 5.43. The van der Waals surface area contributed by atoms with Gasteiger partial charge in [0.15, 0.2) is 0 Å². The van der Waals surface area contributed by atoms with Crippen molar-refractivity contribution in [3.8, 4) is 0 Å². The molecule has 4 heteroatoms. The molecule has 1 saturated heterocycles. The van der Waals surface area contributed by atoms with Gasteiger partial charge in [0.1, 0.15) is 0 Å². The van der Waals surface area contributed by atoms with E-state index in [2.05, 4.69) is 12.2 Å². The molecule has 1 aliphatic heterocycles. The molecule has 1 heterocycles. The van der Waals surface area contributed by atoms with Crippen molar-refractivity contribution in [2.75, 3.05) is 19.6 Å². The molecule has 14 heavy (non-hydrogen) atoms. The number of likely N-dealkylation sites (tertiary alicyclic amines) is 1. The summed E-state index contributed by atoms with van der Waals surface area (Å²) in [6.45, 7) is 6.47. The normalized spacial score (nSPS) is 27.5. The summed E-state index contributed by atoms with van der Waals surface area (Å²) in [6, 6.07) is 0.172. The van der Waals surface area contributed by atoms with E-state index in [1.54, 1.807) is 0 Å². The monoisotopic (exact) mass is 199 g/mol. The minimum Gasteiger partial charge on any atom is -0.338 e. The second-order valence-electron chi connectivity index (χ2n) is 4.11. The molecule has 82 valence electrons. The average Bonchev–Trinajstić information content (AvgIpc) is 2.18. The smallest absolute Gasteiger partial charge is 0.317 e. The van der Waals surface area contributed by atoms with Crippen LogP contribution in [0.25, 0.3) is 0 Å². The van der Waals surface area contributed by atoms with Crippen LogP contribution in [0.15, 0.2) is 0 Å². The van der Waals surface area contributed by atoms with Gasteiger partial charge in [-0.1, -0.05) is 13.8 Å². The molecular weight excluding hydrogens is 178 g/mol. The average molecular weight is 199 g/mol. The molecule has 1 aliphatic rings. The Morgan fingerprint density at radius 2 is 2.36 bits per heavy atom. The Hall–Kier alpha value is -0.770. The molecular formula is C10H21N3O. The van der Waals surface area contributed by atoms with Gasteiger partial charge in [0, 0.05) is 25.7 Å². The van der Waals surface area contributed by atoms with Crippen molar-refractivity contribution in [2.45, 2.75) is 32.7 Å². The van der Waals surface area contributed by atoms with Crippen molar-refractivity contribution in [2.24, 2.45) is 11.7 Å². The van der Waals surface area contributed by atoms with Crippen molar-refractivity contribution in [1.29, 1.82) is 0 Å². The molecule has 3 N–H and O–H groups in total. The third-order valence-electron chi connectivity index (χ3n) is 2.83. The van der Waals surface area contributed by atoms with Gasteiger partial charge in [0.25, 0.3) is 0 Å². The van der Waals surface area contributed by atoms with Gasteiger partial charge < -0.3 is 16.0 Å². The van der Waals surface area contributed by atoms with Gasteiger partial charge in [0.05, 0.1) is 0 Å². The van der Waals surface area contributed by atoms with E-state index in [-0.39, 0.29) is 12.1 Å². The van der Waals surface area contributed by atoms with Crippen LogP contribution in [0, 0.1) is 5.92 Å². The third kappa shape index (κ3) is 2.87. The van der Waals surface area contributed by atoms with E-state index in [0.29, 0.717) is 12.5 Å². The van der Waals surface area contributed by atoms with E-state index >= 15 is 0 Å². The predicted molar refractivity (Wildman–Crippen MR) is 57.0 cm³/mol. The van der Waals surface area contributed by atoms with E-state index < -0.39 is 0 Å². The van der Waals surface area contributed by atoms with Crippen LogP contribution in [0.5, 0.6) is 0 Å². The second kappa shape index (κ2) is 5.20. The molecule has 4 nitrogen and oxygen atoms in total. The van der Waals surface area contributed by atoms with E-state index in [0.717, 1.165) is 25.9 Å². The lowest BCUT2D eigenvalue weighted by Crippen LogP contribution is -2.52. The van der Waals surface area contributed by atoms with Crippen molar-refractivity contribution in [3.63, 3.8) is 0 Å². The van der Waals surface area contributed by atoms with Gasteiger partial charge >= 0.3 is 6.03 Å². The summed E-state index contributed by atoms with van der Waals surface area (Å²) in [6.07, 6.45) is 1.99. The lowest BCUT2D eigenvalue weighted by Gasteiger charge is -2.34. The van der Waals surface area contributed by atoms with Crippen LogP contribution in [-0.4, -0.2) is 36.6 Å². The lowest BCUT2D eigenvalue weighted by molar-refractivity contribution is 0.163. The second-order valence-corrected chi connectivity index (χ2v) is 4.11. The molecule has 2 amide bonds. The number of amides is 2. The van der Waals surface area contributed by atoms with E-state index in [1.165, 1.54) is 0 Å². The maximum absolute atomic E-state index is 11.6. The number of nitrogens with two attached hydrogens (primary N) is 1. The predicted octanol–water partition coefficient (Wildman–Crippen LogP) is 0.775. The number of urea groups is 1. The topological polar surface area (TPSA) is 58.4 Å². The number of hydrogen-bond donors (Lipinski definition) is 2. The van der Waals surface area contributed by atoms with Crippen LogP contribution in [0.2, 0.25) is 0 Å². The molecule has 0 spiro atoms. The quantitative estimate of drug-likeness (QED) is 0.690. The summed E-state index contributed by atoms with van der Waals surface area (Å²) in [5.41, 5.74) is 5.91. The van der Waals surface area contributed by atoms with Gasteiger partial charge in [-0.05, 0) is 18.8 Å². The molecule has 1 fully saturated rings. The van der Waals surface area contributed by atoms with Crippen LogP contribution >= 0.6 is 0 Å². The summed E-state index contributed by atoms with van der Waals surface area (Å²) in [7, 11) is 0. The summed E-state index contributed by atoms with van der Waals surface area (Å²) < 4.78 is 0. The van der Waals surface area contributed by atoms with Crippen LogP contribution in [0.1, 0.15) is 26.7 Å². The highest BCUT2D eigenvalue weighted by atomic mass is 16.2. The Labute approximate surface area is 85.8 Å². The van der Waals surface area contributed by atoms with E-state index in [9.17, 15) is 4.79 Å². The maximum atomic E-state index is 11.6. The number of carbonyl (C=O) groups is 1. The van der Waals surface area contributed by atoms with Crippen LogP contribution in [-0.2, 0) is 0 Å². The van der Waals surface area contributed by atoms with Crippen molar-refractivity contribution < 1.29 is 4.79 Å². The van der Waals surface area contributed by atoms with E-state index in [4.69, 9.17) is 5.73 Å².